The van der Waals surface area contributed by atoms with E-state index in [0.717, 1.165) is 19.1 Å². The van der Waals surface area contributed by atoms with Crippen LogP contribution in [0.2, 0.25) is 0 Å². The maximum Gasteiger partial charge on any atom is 0.246 e. The summed E-state index contributed by atoms with van der Waals surface area (Å²) < 4.78 is 5.45. The second kappa shape index (κ2) is 5.57. The molecule has 0 aromatic carbocycles. The zero-order valence-electron chi connectivity index (χ0n) is 11.9. The van der Waals surface area contributed by atoms with Crippen LogP contribution in [0.4, 0.5) is 0 Å². The minimum atomic E-state index is -0.243. The number of nitrogens with zero attached hydrogens (tertiary/aromatic N) is 1. The number of carbonyl (C=O) groups excluding carboxylic acids is 1. The van der Waals surface area contributed by atoms with Gasteiger partial charge in [0.15, 0.2) is 0 Å². The zero-order chi connectivity index (χ0) is 13.2. The topological polar surface area (TPSA) is 41.6 Å². The summed E-state index contributed by atoms with van der Waals surface area (Å²) in [5, 5.41) is 2.99. The number of carbonyl (C=O) groups is 1. The molecule has 2 fully saturated rings. The van der Waals surface area contributed by atoms with Gasteiger partial charge in [-0.3, -0.25) is 4.79 Å². The Kier molecular flexibility index (Phi) is 4.28. The van der Waals surface area contributed by atoms with Crippen molar-refractivity contribution < 1.29 is 9.53 Å². The second-order valence-electron chi connectivity index (χ2n) is 6.59. The highest BCUT2D eigenvalue weighted by Crippen LogP contribution is 2.31. The van der Waals surface area contributed by atoms with E-state index in [1.807, 2.05) is 20.8 Å². The van der Waals surface area contributed by atoms with Gasteiger partial charge in [-0.15, -0.1) is 0 Å². The van der Waals surface area contributed by atoms with Crippen LogP contribution in [-0.2, 0) is 9.53 Å². The van der Waals surface area contributed by atoms with E-state index in [4.69, 9.17) is 4.74 Å². The minimum absolute atomic E-state index is 0.00907. The molecular weight excluding hydrogens is 228 g/mol. The first kappa shape index (κ1) is 13.8. The molecule has 1 heterocycles. The molecule has 18 heavy (non-hydrogen) atoms. The van der Waals surface area contributed by atoms with Gasteiger partial charge in [0, 0.05) is 19.1 Å². The molecular formula is C14H26N2O2. The van der Waals surface area contributed by atoms with Crippen molar-refractivity contribution in [1.82, 2.24) is 10.2 Å². The molecule has 2 aliphatic rings. The van der Waals surface area contributed by atoms with E-state index in [-0.39, 0.29) is 18.1 Å². The van der Waals surface area contributed by atoms with E-state index in [9.17, 15) is 4.79 Å². The highest BCUT2D eigenvalue weighted by molar-refractivity contribution is 5.77. The average molecular weight is 254 g/mol. The predicted octanol–water partition coefficient (Wildman–Crippen LogP) is 1.40. The van der Waals surface area contributed by atoms with E-state index >= 15 is 0 Å². The number of rotatable bonds is 5. The molecule has 0 radical (unpaired) electrons. The lowest BCUT2D eigenvalue weighted by molar-refractivity contribution is -0.130. The zero-order valence-corrected chi connectivity index (χ0v) is 11.9. The van der Waals surface area contributed by atoms with Gasteiger partial charge in [0.1, 0.15) is 6.61 Å². The largest absolute Gasteiger partial charge is 0.366 e. The fraction of sp³-hybridized carbons (Fsp3) is 0.929. The number of hydrogen-bond acceptors (Lipinski definition) is 3. The van der Waals surface area contributed by atoms with Crippen LogP contribution in [0, 0.1) is 5.92 Å². The highest BCUT2D eigenvalue weighted by Gasteiger charge is 2.34. The van der Waals surface area contributed by atoms with Gasteiger partial charge in [0.2, 0.25) is 5.91 Å². The number of nitrogens with one attached hydrogen (secondary N) is 1. The molecule has 1 aliphatic heterocycles. The summed E-state index contributed by atoms with van der Waals surface area (Å²) in [6, 6.07) is 0.856. The van der Waals surface area contributed by atoms with Gasteiger partial charge in [0.05, 0.1) is 5.60 Å². The standard InChI is InChI=1S/C14H26N2O2/c1-14(2,3)18-10-13(17)15-8-11-6-7-16(9-11)12-4-5-12/h11-12H,4-10H2,1-3H3,(H,15,17). The van der Waals surface area contributed by atoms with E-state index in [1.165, 1.54) is 25.8 Å². The van der Waals surface area contributed by atoms with E-state index in [1.54, 1.807) is 0 Å². The van der Waals surface area contributed by atoms with Crippen LogP contribution in [0.5, 0.6) is 0 Å². The smallest absolute Gasteiger partial charge is 0.246 e. The Morgan fingerprint density at radius 1 is 1.33 bits per heavy atom. The third-order valence-electron chi connectivity index (χ3n) is 3.60. The van der Waals surface area contributed by atoms with Crippen molar-refractivity contribution in [2.24, 2.45) is 5.92 Å². The lowest BCUT2D eigenvalue weighted by atomic mass is 10.1. The minimum Gasteiger partial charge on any atom is -0.366 e. The molecule has 0 spiro atoms. The van der Waals surface area contributed by atoms with Gasteiger partial charge < -0.3 is 15.0 Å². The molecule has 1 N–H and O–H groups in total. The normalized spacial score (nSPS) is 25.4. The molecule has 4 nitrogen and oxygen atoms in total. The summed E-state index contributed by atoms with van der Waals surface area (Å²) >= 11 is 0. The Bertz CT molecular complexity index is 295. The van der Waals surface area contributed by atoms with Crippen molar-refractivity contribution in [1.29, 1.82) is 0 Å². The maximum atomic E-state index is 11.6. The van der Waals surface area contributed by atoms with Crippen LogP contribution in [-0.4, -0.2) is 48.7 Å². The van der Waals surface area contributed by atoms with Crippen molar-refractivity contribution in [2.75, 3.05) is 26.2 Å². The summed E-state index contributed by atoms with van der Waals surface area (Å²) in [6.07, 6.45) is 3.97. The quantitative estimate of drug-likeness (QED) is 0.806. The van der Waals surface area contributed by atoms with Gasteiger partial charge in [-0.25, -0.2) is 0 Å². The number of likely N-dealkylation sites (tertiary alicyclic amines) is 1. The summed E-state index contributed by atoms with van der Waals surface area (Å²) in [5.41, 5.74) is -0.243. The van der Waals surface area contributed by atoms with Crippen molar-refractivity contribution >= 4 is 5.91 Å². The van der Waals surface area contributed by atoms with Gasteiger partial charge in [0.25, 0.3) is 0 Å². The monoisotopic (exact) mass is 254 g/mol. The molecule has 0 bridgehead atoms. The Hall–Kier alpha value is -0.610. The van der Waals surface area contributed by atoms with Gasteiger partial charge in [-0.2, -0.15) is 0 Å². The van der Waals surface area contributed by atoms with Crippen LogP contribution in [0.25, 0.3) is 0 Å². The average Bonchev–Trinajstić information content (AvgIpc) is 3.03. The third-order valence-corrected chi connectivity index (χ3v) is 3.60. The third kappa shape index (κ3) is 4.58. The molecule has 1 unspecified atom stereocenters. The fourth-order valence-corrected chi connectivity index (χ4v) is 2.39. The molecule has 1 saturated heterocycles. The first-order chi connectivity index (χ1) is 8.44. The molecule has 1 saturated carbocycles. The van der Waals surface area contributed by atoms with Crippen molar-refractivity contribution in [3.05, 3.63) is 0 Å². The predicted molar refractivity (Wildman–Crippen MR) is 71.4 cm³/mol. The number of ether oxygens (including phenoxy) is 1. The highest BCUT2D eigenvalue weighted by atomic mass is 16.5. The summed E-state index contributed by atoms with van der Waals surface area (Å²) in [4.78, 5) is 14.2. The maximum absolute atomic E-state index is 11.6. The number of hydrogen-bond donors (Lipinski definition) is 1. The van der Waals surface area contributed by atoms with E-state index < -0.39 is 0 Å². The Morgan fingerprint density at radius 3 is 2.67 bits per heavy atom. The number of amides is 1. The van der Waals surface area contributed by atoms with Crippen LogP contribution >= 0.6 is 0 Å². The first-order valence-electron chi connectivity index (χ1n) is 7.09. The summed E-state index contributed by atoms with van der Waals surface area (Å²) in [6.45, 7) is 9.23. The Morgan fingerprint density at radius 2 is 2.06 bits per heavy atom. The molecule has 2 rings (SSSR count). The molecule has 0 aromatic heterocycles. The van der Waals surface area contributed by atoms with Crippen LogP contribution in [0.1, 0.15) is 40.0 Å². The van der Waals surface area contributed by atoms with Crippen molar-refractivity contribution in [3.63, 3.8) is 0 Å². The Labute approximate surface area is 110 Å². The van der Waals surface area contributed by atoms with E-state index in [2.05, 4.69) is 10.2 Å². The molecule has 1 aliphatic carbocycles. The molecule has 0 aromatic rings. The lowest BCUT2D eigenvalue weighted by Gasteiger charge is -2.19. The van der Waals surface area contributed by atoms with Crippen molar-refractivity contribution in [2.45, 2.75) is 51.7 Å². The van der Waals surface area contributed by atoms with Crippen LogP contribution in [0.3, 0.4) is 0 Å². The summed E-state index contributed by atoms with van der Waals surface area (Å²) in [5.74, 6) is 0.638. The van der Waals surface area contributed by atoms with Gasteiger partial charge >= 0.3 is 0 Å². The fourth-order valence-electron chi connectivity index (χ4n) is 2.39. The molecule has 4 heteroatoms. The van der Waals surface area contributed by atoms with Crippen molar-refractivity contribution in [3.8, 4) is 0 Å². The van der Waals surface area contributed by atoms with Crippen LogP contribution < -0.4 is 5.32 Å². The molecule has 104 valence electrons. The van der Waals surface area contributed by atoms with E-state index in [0.29, 0.717) is 5.92 Å². The SMILES string of the molecule is CC(C)(C)OCC(=O)NCC1CCN(C2CC2)C1. The van der Waals surface area contributed by atoms with Gasteiger partial charge in [-0.05, 0) is 52.5 Å². The molecule has 1 amide bonds. The summed E-state index contributed by atoms with van der Waals surface area (Å²) in [7, 11) is 0. The molecule has 1 atom stereocenters. The first-order valence-corrected chi connectivity index (χ1v) is 7.09. The Balaban J connectivity index is 1.58. The lowest BCUT2D eigenvalue weighted by Crippen LogP contribution is -2.35. The van der Waals surface area contributed by atoms with Gasteiger partial charge in [-0.1, -0.05) is 0 Å². The van der Waals surface area contributed by atoms with Crippen LogP contribution in [0.15, 0.2) is 0 Å². The second-order valence-corrected chi connectivity index (χ2v) is 6.59.